The molecule has 2 unspecified atom stereocenters. The first-order chi connectivity index (χ1) is 6.93. The second-order valence-corrected chi connectivity index (χ2v) is 3.71. The molecule has 1 aliphatic rings. The average Bonchev–Trinajstić information content (AvgIpc) is 2.17. The second-order valence-electron chi connectivity index (χ2n) is 3.71. The van der Waals surface area contributed by atoms with E-state index in [1.807, 2.05) is 0 Å². The minimum absolute atomic E-state index is 0.0214. The van der Waals surface area contributed by atoms with E-state index in [4.69, 9.17) is 15.9 Å². The van der Waals surface area contributed by atoms with Gasteiger partial charge in [0.25, 0.3) is 0 Å². The predicted octanol–water partition coefficient (Wildman–Crippen LogP) is 0.233. The summed E-state index contributed by atoms with van der Waals surface area (Å²) >= 11 is 0. The van der Waals surface area contributed by atoms with Crippen LogP contribution in [0.5, 0.6) is 0 Å². The van der Waals surface area contributed by atoms with Crippen LogP contribution < -0.4 is 5.73 Å². The zero-order valence-electron chi connectivity index (χ0n) is 8.30. The Hall–Kier alpha value is -1.62. The van der Waals surface area contributed by atoms with Crippen molar-refractivity contribution >= 4 is 11.9 Å². The van der Waals surface area contributed by atoms with E-state index in [9.17, 15) is 9.59 Å². The van der Waals surface area contributed by atoms with Crippen LogP contribution in [0.2, 0.25) is 0 Å². The van der Waals surface area contributed by atoms with E-state index in [1.165, 1.54) is 18.2 Å². The molecule has 4 N–H and O–H groups in total. The van der Waals surface area contributed by atoms with E-state index in [-0.39, 0.29) is 12.1 Å². The van der Waals surface area contributed by atoms with Crippen LogP contribution in [-0.2, 0) is 9.59 Å². The molecule has 0 aromatic carbocycles. The minimum atomic E-state index is -1.13. The fourth-order valence-electron chi connectivity index (χ4n) is 1.74. The van der Waals surface area contributed by atoms with Crippen LogP contribution in [0, 0.1) is 11.3 Å². The van der Waals surface area contributed by atoms with E-state index in [0.717, 1.165) is 0 Å². The monoisotopic (exact) mass is 211 g/mol. The van der Waals surface area contributed by atoms with E-state index >= 15 is 0 Å². The number of hydrogen-bond donors (Lipinski definition) is 3. The van der Waals surface area contributed by atoms with Crippen LogP contribution in [0.25, 0.3) is 0 Å². The van der Waals surface area contributed by atoms with Gasteiger partial charge >= 0.3 is 11.9 Å². The highest BCUT2D eigenvalue weighted by Crippen LogP contribution is 2.38. The molecule has 0 heterocycles. The molecule has 0 saturated heterocycles. The Balaban J connectivity index is 3.20. The lowest BCUT2D eigenvalue weighted by Gasteiger charge is -2.34. The molecule has 0 fully saturated rings. The topological polar surface area (TPSA) is 101 Å². The van der Waals surface area contributed by atoms with Crippen LogP contribution >= 0.6 is 0 Å². The summed E-state index contributed by atoms with van der Waals surface area (Å²) in [7, 11) is 0. The maximum absolute atomic E-state index is 11.0. The van der Waals surface area contributed by atoms with Crippen molar-refractivity contribution in [3.05, 3.63) is 23.8 Å². The summed E-state index contributed by atoms with van der Waals surface area (Å²) in [6.07, 6.45) is 4.30. The van der Waals surface area contributed by atoms with Gasteiger partial charge in [0, 0.05) is 17.5 Å². The van der Waals surface area contributed by atoms with Gasteiger partial charge in [-0.05, 0) is 0 Å². The summed E-state index contributed by atoms with van der Waals surface area (Å²) in [4.78, 5) is 21.9. The van der Waals surface area contributed by atoms with Gasteiger partial charge in [0.1, 0.15) is 0 Å². The Morgan fingerprint density at radius 3 is 2.53 bits per heavy atom. The van der Waals surface area contributed by atoms with E-state index in [0.29, 0.717) is 0 Å². The average molecular weight is 211 g/mol. The van der Waals surface area contributed by atoms with Crippen LogP contribution in [0.15, 0.2) is 23.8 Å². The van der Waals surface area contributed by atoms with Crippen molar-refractivity contribution in [3.8, 4) is 0 Å². The maximum Gasteiger partial charge on any atom is 0.332 e. The number of hydrogen-bond acceptors (Lipinski definition) is 3. The smallest absolute Gasteiger partial charge is 0.332 e. The molecule has 0 amide bonds. The molecule has 0 aromatic heterocycles. The zero-order chi connectivity index (χ0) is 11.6. The SMILES string of the molecule is CC1(CN)C(C(=O)O)=CC=CC1C(=O)O. The quantitative estimate of drug-likeness (QED) is 0.620. The van der Waals surface area contributed by atoms with Gasteiger partial charge in [-0.25, -0.2) is 4.79 Å². The Morgan fingerprint density at radius 1 is 1.53 bits per heavy atom. The van der Waals surface area contributed by atoms with Gasteiger partial charge in [-0.1, -0.05) is 25.2 Å². The van der Waals surface area contributed by atoms with E-state index in [2.05, 4.69) is 0 Å². The molecule has 15 heavy (non-hydrogen) atoms. The summed E-state index contributed by atoms with van der Waals surface area (Å²) < 4.78 is 0. The molecular weight excluding hydrogens is 198 g/mol. The summed E-state index contributed by atoms with van der Waals surface area (Å²) in [5.74, 6) is -3.08. The number of nitrogens with two attached hydrogens (primary N) is 1. The first-order valence-electron chi connectivity index (χ1n) is 4.48. The molecule has 82 valence electrons. The van der Waals surface area contributed by atoms with Gasteiger partial charge in [0.2, 0.25) is 0 Å². The molecule has 2 atom stereocenters. The summed E-state index contributed by atoms with van der Waals surface area (Å²) in [5.41, 5.74) is 4.48. The molecule has 5 heteroatoms. The number of aliphatic carboxylic acids is 2. The molecule has 0 spiro atoms. The molecular formula is C10H13NO4. The number of carboxylic acid groups (broad SMARTS) is 2. The Kier molecular flexibility index (Phi) is 2.95. The Bertz CT molecular complexity index is 358. The van der Waals surface area contributed by atoms with Gasteiger partial charge < -0.3 is 15.9 Å². The van der Waals surface area contributed by atoms with Gasteiger partial charge in [-0.15, -0.1) is 0 Å². The molecule has 0 bridgehead atoms. The molecule has 0 saturated carbocycles. The predicted molar refractivity (Wildman–Crippen MR) is 53.1 cm³/mol. The second kappa shape index (κ2) is 3.86. The number of rotatable bonds is 3. The van der Waals surface area contributed by atoms with Gasteiger partial charge in [0.05, 0.1) is 5.92 Å². The molecule has 1 aliphatic carbocycles. The lowest BCUT2D eigenvalue weighted by Crippen LogP contribution is -2.43. The zero-order valence-corrected chi connectivity index (χ0v) is 8.30. The number of carboxylic acids is 2. The summed E-state index contributed by atoms with van der Waals surface area (Å²) in [6, 6.07) is 0. The lowest BCUT2D eigenvalue weighted by atomic mass is 9.69. The van der Waals surface area contributed by atoms with Crippen molar-refractivity contribution in [2.24, 2.45) is 17.1 Å². The molecule has 5 nitrogen and oxygen atoms in total. The Morgan fingerprint density at radius 2 is 2.13 bits per heavy atom. The Labute approximate surface area is 86.9 Å². The molecule has 0 aliphatic heterocycles. The summed E-state index contributed by atoms with van der Waals surface area (Å²) in [6.45, 7) is 1.53. The third-order valence-corrected chi connectivity index (χ3v) is 2.79. The highest BCUT2D eigenvalue weighted by molar-refractivity contribution is 5.91. The molecule has 0 radical (unpaired) electrons. The minimum Gasteiger partial charge on any atom is -0.481 e. The number of allylic oxidation sites excluding steroid dienone is 2. The van der Waals surface area contributed by atoms with Crippen molar-refractivity contribution in [3.63, 3.8) is 0 Å². The summed E-state index contributed by atoms with van der Waals surface area (Å²) in [5, 5.41) is 17.9. The lowest BCUT2D eigenvalue weighted by molar-refractivity contribution is -0.143. The highest BCUT2D eigenvalue weighted by Gasteiger charge is 2.43. The van der Waals surface area contributed by atoms with Crippen LogP contribution in [-0.4, -0.2) is 28.7 Å². The first-order valence-corrected chi connectivity index (χ1v) is 4.48. The van der Waals surface area contributed by atoms with E-state index in [1.54, 1.807) is 6.92 Å². The van der Waals surface area contributed by atoms with Crippen LogP contribution in [0.1, 0.15) is 6.92 Å². The first kappa shape index (κ1) is 11.5. The highest BCUT2D eigenvalue weighted by atomic mass is 16.4. The van der Waals surface area contributed by atoms with Crippen LogP contribution in [0.3, 0.4) is 0 Å². The van der Waals surface area contributed by atoms with Crippen molar-refractivity contribution < 1.29 is 19.8 Å². The van der Waals surface area contributed by atoms with Gasteiger partial charge in [0.15, 0.2) is 0 Å². The third-order valence-electron chi connectivity index (χ3n) is 2.79. The van der Waals surface area contributed by atoms with Crippen LogP contribution in [0.4, 0.5) is 0 Å². The van der Waals surface area contributed by atoms with Crippen molar-refractivity contribution in [1.82, 2.24) is 0 Å². The largest absolute Gasteiger partial charge is 0.481 e. The fourth-order valence-corrected chi connectivity index (χ4v) is 1.74. The standard InChI is InChI=1S/C10H13NO4/c1-10(5-11)6(8(12)13)3-2-4-7(10)9(14)15/h2-4,6H,5,11H2,1H3,(H,12,13)(H,14,15). The maximum atomic E-state index is 11.0. The third kappa shape index (κ3) is 1.78. The van der Waals surface area contributed by atoms with Crippen molar-refractivity contribution in [1.29, 1.82) is 0 Å². The normalized spacial score (nSPS) is 29.7. The molecule has 0 aromatic rings. The van der Waals surface area contributed by atoms with Gasteiger partial charge in [-0.2, -0.15) is 0 Å². The van der Waals surface area contributed by atoms with Crippen molar-refractivity contribution in [2.45, 2.75) is 6.92 Å². The van der Waals surface area contributed by atoms with Crippen molar-refractivity contribution in [2.75, 3.05) is 6.54 Å². The number of carbonyl (C=O) groups is 2. The van der Waals surface area contributed by atoms with Gasteiger partial charge in [-0.3, -0.25) is 4.79 Å². The molecule has 1 rings (SSSR count). The van der Waals surface area contributed by atoms with E-state index < -0.39 is 23.3 Å². The fraction of sp³-hybridized carbons (Fsp3) is 0.400.